The van der Waals surface area contributed by atoms with Crippen molar-refractivity contribution in [2.24, 2.45) is 11.8 Å². The van der Waals surface area contributed by atoms with E-state index >= 15 is 0 Å². The molecule has 0 unspecified atom stereocenters. The number of ether oxygens (including phenoxy) is 1. The first-order valence-corrected chi connectivity index (χ1v) is 8.19. The van der Waals surface area contributed by atoms with Crippen LogP contribution in [-0.4, -0.2) is 18.0 Å². The minimum absolute atomic E-state index is 0.0196. The van der Waals surface area contributed by atoms with Crippen molar-refractivity contribution in [1.29, 1.82) is 0 Å². The van der Waals surface area contributed by atoms with Gasteiger partial charge in [0, 0.05) is 12.1 Å². The molecule has 0 aliphatic heterocycles. The first-order chi connectivity index (χ1) is 10.9. The zero-order valence-corrected chi connectivity index (χ0v) is 13.7. The highest BCUT2D eigenvalue weighted by atomic mass is 19.1. The number of anilines is 1. The van der Waals surface area contributed by atoms with Gasteiger partial charge in [-0.25, -0.2) is 4.39 Å². The summed E-state index contributed by atoms with van der Waals surface area (Å²) in [6.45, 7) is 4.41. The van der Waals surface area contributed by atoms with Crippen LogP contribution in [0.4, 0.5) is 10.1 Å². The summed E-state index contributed by atoms with van der Waals surface area (Å²) in [6.07, 6.45) is 2.98. The maximum atomic E-state index is 12.8. The van der Waals surface area contributed by atoms with E-state index in [1.54, 1.807) is 0 Å². The summed E-state index contributed by atoms with van der Waals surface area (Å²) >= 11 is 0. The van der Waals surface area contributed by atoms with Gasteiger partial charge in [-0.15, -0.1) is 0 Å². The van der Waals surface area contributed by atoms with Crippen molar-refractivity contribution in [3.63, 3.8) is 0 Å². The van der Waals surface area contributed by atoms with Gasteiger partial charge in [-0.2, -0.15) is 0 Å². The average molecular weight is 321 g/mol. The Hall–Kier alpha value is -1.91. The highest BCUT2D eigenvalue weighted by Gasteiger charge is 2.27. The zero-order chi connectivity index (χ0) is 16.8. The molecule has 0 saturated heterocycles. The SMILES string of the molecule is C[C@H]1CC[C@H](OC(=O)CCC(=O)Nc2ccc(F)cc2)C[C@@H]1C. The summed E-state index contributed by atoms with van der Waals surface area (Å²) < 4.78 is 18.2. The quantitative estimate of drug-likeness (QED) is 0.837. The second kappa shape index (κ2) is 8.09. The number of hydrogen-bond donors (Lipinski definition) is 1. The van der Waals surface area contributed by atoms with E-state index in [0.29, 0.717) is 17.5 Å². The van der Waals surface area contributed by atoms with E-state index in [1.165, 1.54) is 24.3 Å². The lowest BCUT2D eigenvalue weighted by molar-refractivity contribution is -0.152. The smallest absolute Gasteiger partial charge is 0.306 e. The van der Waals surface area contributed by atoms with E-state index in [2.05, 4.69) is 19.2 Å². The summed E-state index contributed by atoms with van der Waals surface area (Å²) in [4.78, 5) is 23.6. The van der Waals surface area contributed by atoms with Crippen molar-refractivity contribution < 1.29 is 18.7 Å². The van der Waals surface area contributed by atoms with Crippen LogP contribution in [0.1, 0.15) is 46.0 Å². The fraction of sp³-hybridized carbons (Fsp3) is 0.556. The van der Waals surface area contributed by atoms with E-state index < -0.39 is 0 Å². The Morgan fingerprint density at radius 3 is 2.48 bits per heavy atom. The Kier molecular flexibility index (Phi) is 6.13. The molecule has 0 heterocycles. The van der Waals surface area contributed by atoms with Crippen molar-refractivity contribution in [1.82, 2.24) is 0 Å². The minimum Gasteiger partial charge on any atom is -0.462 e. The van der Waals surface area contributed by atoms with Crippen molar-refractivity contribution in [2.45, 2.75) is 52.1 Å². The maximum absolute atomic E-state index is 12.8. The number of halogens is 1. The molecule has 0 radical (unpaired) electrons. The highest BCUT2D eigenvalue weighted by Crippen LogP contribution is 2.31. The third-order valence-electron chi connectivity index (χ3n) is 4.53. The van der Waals surface area contributed by atoms with Crippen LogP contribution in [0.2, 0.25) is 0 Å². The molecule has 1 fully saturated rings. The summed E-state index contributed by atoms with van der Waals surface area (Å²) in [6, 6.07) is 5.51. The standard InChI is InChI=1S/C18H24FNO3/c1-12-3-8-16(11-13(12)2)23-18(22)10-9-17(21)20-15-6-4-14(19)5-7-15/h4-7,12-13,16H,3,8-11H2,1-2H3,(H,20,21)/t12-,13-,16-/m0/s1. The molecule has 5 heteroatoms. The van der Waals surface area contributed by atoms with Gasteiger partial charge < -0.3 is 10.1 Å². The molecule has 126 valence electrons. The van der Waals surface area contributed by atoms with E-state index in [1.807, 2.05) is 0 Å². The lowest BCUT2D eigenvalue weighted by Crippen LogP contribution is -2.29. The van der Waals surface area contributed by atoms with Crippen LogP contribution in [0, 0.1) is 17.7 Å². The number of carbonyl (C=O) groups is 2. The third kappa shape index (κ3) is 5.66. The number of carbonyl (C=O) groups excluding carboxylic acids is 2. The molecular weight excluding hydrogens is 297 g/mol. The van der Waals surface area contributed by atoms with Gasteiger partial charge in [0.2, 0.25) is 5.91 Å². The zero-order valence-electron chi connectivity index (χ0n) is 13.7. The Bertz CT molecular complexity index is 544. The molecule has 0 spiro atoms. The van der Waals surface area contributed by atoms with Crippen molar-refractivity contribution in [2.75, 3.05) is 5.32 Å². The fourth-order valence-corrected chi connectivity index (χ4v) is 2.82. The van der Waals surface area contributed by atoms with Gasteiger partial charge in [-0.05, 0) is 55.4 Å². The summed E-state index contributed by atoms with van der Waals surface area (Å²) in [5.41, 5.74) is 0.514. The predicted molar refractivity (Wildman–Crippen MR) is 86.3 cm³/mol. The topological polar surface area (TPSA) is 55.4 Å². The number of esters is 1. The summed E-state index contributed by atoms with van der Waals surface area (Å²) in [5.74, 6) is 0.266. The first kappa shape index (κ1) is 17.4. The van der Waals surface area contributed by atoms with Crippen LogP contribution in [0.15, 0.2) is 24.3 Å². The Morgan fingerprint density at radius 1 is 1.13 bits per heavy atom. The Balaban J connectivity index is 1.69. The molecule has 23 heavy (non-hydrogen) atoms. The van der Waals surface area contributed by atoms with Gasteiger partial charge in [0.25, 0.3) is 0 Å². The molecule has 1 aromatic carbocycles. The first-order valence-electron chi connectivity index (χ1n) is 8.19. The fourth-order valence-electron chi connectivity index (χ4n) is 2.82. The lowest BCUT2D eigenvalue weighted by atomic mass is 9.80. The van der Waals surface area contributed by atoms with Crippen molar-refractivity contribution in [3.05, 3.63) is 30.1 Å². The normalized spacial score (nSPS) is 24.0. The second-order valence-electron chi connectivity index (χ2n) is 6.43. The molecule has 2 rings (SSSR count). The molecule has 0 bridgehead atoms. The highest BCUT2D eigenvalue weighted by molar-refractivity contribution is 5.92. The molecule has 1 N–H and O–H groups in total. The van der Waals surface area contributed by atoms with Crippen LogP contribution >= 0.6 is 0 Å². The Labute approximate surface area is 136 Å². The van der Waals surface area contributed by atoms with Crippen molar-refractivity contribution in [3.8, 4) is 0 Å². The van der Waals surface area contributed by atoms with Crippen LogP contribution < -0.4 is 5.32 Å². The number of rotatable bonds is 5. The molecule has 1 aliphatic carbocycles. The van der Waals surface area contributed by atoms with Crippen LogP contribution in [0.5, 0.6) is 0 Å². The molecular formula is C18H24FNO3. The molecule has 1 aliphatic rings. The van der Waals surface area contributed by atoms with E-state index in [-0.39, 0.29) is 36.6 Å². The van der Waals surface area contributed by atoms with Gasteiger partial charge >= 0.3 is 5.97 Å². The number of hydrogen-bond acceptors (Lipinski definition) is 3. The van der Waals surface area contributed by atoms with E-state index in [4.69, 9.17) is 4.74 Å². The summed E-state index contributed by atoms with van der Waals surface area (Å²) in [7, 11) is 0. The maximum Gasteiger partial charge on any atom is 0.306 e. The number of amides is 1. The minimum atomic E-state index is -0.359. The molecule has 1 aromatic rings. The van der Waals surface area contributed by atoms with Gasteiger partial charge in [-0.1, -0.05) is 13.8 Å². The molecule has 1 amide bonds. The van der Waals surface area contributed by atoms with Gasteiger partial charge in [0.15, 0.2) is 0 Å². The van der Waals surface area contributed by atoms with Gasteiger partial charge in [-0.3, -0.25) is 9.59 Å². The van der Waals surface area contributed by atoms with Gasteiger partial charge in [0.1, 0.15) is 11.9 Å². The van der Waals surface area contributed by atoms with Crippen LogP contribution in [0.25, 0.3) is 0 Å². The molecule has 3 atom stereocenters. The van der Waals surface area contributed by atoms with Gasteiger partial charge in [0.05, 0.1) is 6.42 Å². The molecule has 0 aromatic heterocycles. The second-order valence-corrected chi connectivity index (χ2v) is 6.43. The largest absolute Gasteiger partial charge is 0.462 e. The number of nitrogens with one attached hydrogen (secondary N) is 1. The van der Waals surface area contributed by atoms with Crippen LogP contribution in [-0.2, 0) is 14.3 Å². The van der Waals surface area contributed by atoms with Crippen molar-refractivity contribution >= 4 is 17.6 Å². The number of benzene rings is 1. The average Bonchev–Trinajstić information content (AvgIpc) is 2.51. The molecule has 4 nitrogen and oxygen atoms in total. The van der Waals surface area contributed by atoms with E-state index in [0.717, 1.165) is 19.3 Å². The lowest BCUT2D eigenvalue weighted by Gasteiger charge is -2.31. The van der Waals surface area contributed by atoms with Crippen LogP contribution in [0.3, 0.4) is 0 Å². The third-order valence-corrected chi connectivity index (χ3v) is 4.53. The van der Waals surface area contributed by atoms with E-state index in [9.17, 15) is 14.0 Å². The Morgan fingerprint density at radius 2 is 1.83 bits per heavy atom. The summed E-state index contributed by atoms with van der Waals surface area (Å²) in [5, 5.41) is 2.63. The predicted octanol–water partition coefficient (Wildman–Crippen LogP) is 3.91. The molecule has 1 saturated carbocycles. The monoisotopic (exact) mass is 321 g/mol.